The van der Waals surface area contributed by atoms with Gasteiger partial charge < -0.3 is 19.5 Å². The van der Waals surface area contributed by atoms with Gasteiger partial charge in [-0.2, -0.15) is 0 Å². The maximum absolute atomic E-state index is 12.3. The van der Waals surface area contributed by atoms with E-state index in [1.54, 1.807) is 7.11 Å². The molecule has 1 N–H and O–H groups in total. The number of benzene rings is 2. The van der Waals surface area contributed by atoms with E-state index in [4.69, 9.17) is 14.2 Å². The van der Waals surface area contributed by atoms with E-state index in [0.717, 1.165) is 28.6 Å². The number of methoxy groups -OCH3 is 1. The minimum atomic E-state index is -0.187. The van der Waals surface area contributed by atoms with Gasteiger partial charge in [0.05, 0.1) is 12.4 Å². The number of rotatable bonds is 7. The van der Waals surface area contributed by atoms with Crippen molar-refractivity contribution in [1.82, 2.24) is 5.32 Å². The van der Waals surface area contributed by atoms with Crippen LogP contribution in [0, 0.1) is 0 Å². The zero-order valence-corrected chi connectivity index (χ0v) is 15.8. The van der Waals surface area contributed by atoms with Crippen LogP contribution in [0.2, 0.25) is 0 Å². The number of ether oxygens (including phenoxy) is 3. The molecule has 0 bridgehead atoms. The van der Waals surface area contributed by atoms with Crippen LogP contribution in [0.5, 0.6) is 17.2 Å². The molecule has 0 radical (unpaired) electrons. The maximum atomic E-state index is 12.3. The Morgan fingerprint density at radius 3 is 2.62 bits per heavy atom. The van der Waals surface area contributed by atoms with Crippen LogP contribution < -0.4 is 19.5 Å². The quantitative estimate of drug-likeness (QED) is 0.755. The van der Waals surface area contributed by atoms with Crippen LogP contribution in [0.4, 0.5) is 0 Å². The van der Waals surface area contributed by atoms with Crippen molar-refractivity contribution in [3.05, 3.63) is 48.0 Å². The Hall–Kier alpha value is -2.34. The average Bonchev–Trinajstić information content (AvgIpc) is 2.68. The Labute approximate surface area is 158 Å². The second-order valence-corrected chi connectivity index (χ2v) is 7.37. The number of nitrogens with one attached hydrogen (secondary N) is 1. The van der Waals surface area contributed by atoms with Gasteiger partial charge in [-0.25, -0.2) is 0 Å². The molecule has 5 nitrogen and oxygen atoms in total. The molecule has 2 aromatic carbocycles. The van der Waals surface area contributed by atoms with E-state index in [2.05, 4.69) is 5.32 Å². The lowest BCUT2D eigenvalue weighted by molar-refractivity contribution is -0.120. The van der Waals surface area contributed by atoms with Gasteiger partial charge in [0, 0.05) is 11.4 Å². The maximum Gasteiger partial charge on any atom is 0.233 e. The summed E-state index contributed by atoms with van der Waals surface area (Å²) < 4.78 is 16.3. The highest BCUT2D eigenvalue weighted by Crippen LogP contribution is 2.35. The van der Waals surface area contributed by atoms with Crippen LogP contribution >= 0.6 is 11.8 Å². The Morgan fingerprint density at radius 1 is 1.15 bits per heavy atom. The third-order valence-electron chi connectivity index (χ3n) is 4.07. The normalized spacial score (nSPS) is 13.8. The van der Waals surface area contributed by atoms with Gasteiger partial charge in [0.25, 0.3) is 0 Å². The van der Waals surface area contributed by atoms with Crippen molar-refractivity contribution < 1.29 is 19.0 Å². The van der Waals surface area contributed by atoms with Crippen LogP contribution in [0.1, 0.15) is 12.5 Å². The molecule has 1 aliphatic rings. The highest BCUT2D eigenvalue weighted by Gasteiger charge is 2.17. The van der Waals surface area contributed by atoms with E-state index in [9.17, 15) is 4.79 Å². The fourth-order valence-corrected chi connectivity index (χ4v) is 3.54. The predicted molar refractivity (Wildman–Crippen MR) is 102 cm³/mol. The summed E-state index contributed by atoms with van der Waals surface area (Å²) in [5.74, 6) is 2.37. The molecule has 3 rings (SSSR count). The Bertz CT molecular complexity index is 748. The summed E-state index contributed by atoms with van der Waals surface area (Å²) in [6.45, 7) is 3.65. The standard InChI is InChI=1S/C20H23NO4S/c1-14(26-17-7-8-18-19(13-17)25-12-11-24-18)20(22)21-10-9-15-3-5-16(23-2)6-4-15/h3-8,13-14H,9-12H2,1-2H3,(H,21,22). The van der Waals surface area contributed by atoms with E-state index >= 15 is 0 Å². The van der Waals surface area contributed by atoms with Crippen LogP contribution in [-0.4, -0.2) is 38.0 Å². The number of carbonyl (C=O) groups is 1. The smallest absolute Gasteiger partial charge is 0.233 e. The lowest BCUT2D eigenvalue weighted by Gasteiger charge is -2.19. The van der Waals surface area contributed by atoms with E-state index in [1.165, 1.54) is 17.3 Å². The molecule has 1 amide bonds. The van der Waals surface area contributed by atoms with Crippen LogP contribution in [0.3, 0.4) is 0 Å². The lowest BCUT2D eigenvalue weighted by Crippen LogP contribution is -2.32. The number of carbonyl (C=O) groups excluding carboxylic acids is 1. The van der Waals surface area contributed by atoms with Gasteiger partial charge in [0.2, 0.25) is 5.91 Å². The van der Waals surface area contributed by atoms with Crippen molar-refractivity contribution in [3.63, 3.8) is 0 Å². The third kappa shape index (κ3) is 4.85. The Balaban J connectivity index is 1.46. The first-order valence-corrected chi connectivity index (χ1v) is 9.50. The van der Waals surface area contributed by atoms with Crippen LogP contribution in [0.25, 0.3) is 0 Å². The first-order chi connectivity index (χ1) is 12.7. The molecular formula is C20H23NO4S. The summed E-state index contributed by atoms with van der Waals surface area (Å²) in [5.41, 5.74) is 1.17. The third-order valence-corrected chi connectivity index (χ3v) is 5.16. The first-order valence-electron chi connectivity index (χ1n) is 8.62. The summed E-state index contributed by atoms with van der Waals surface area (Å²) >= 11 is 1.51. The van der Waals surface area contributed by atoms with Gasteiger partial charge in [-0.3, -0.25) is 4.79 Å². The predicted octanol–water partition coefficient (Wildman–Crippen LogP) is 3.31. The molecule has 1 atom stereocenters. The van der Waals surface area contributed by atoms with E-state index in [1.807, 2.05) is 49.4 Å². The van der Waals surface area contributed by atoms with Crippen molar-refractivity contribution in [3.8, 4) is 17.2 Å². The molecule has 1 unspecified atom stereocenters. The molecular weight excluding hydrogens is 350 g/mol. The molecule has 0 aromatic heterocycles. The molecule has 1 aliphatic heterocycles. The fourth-order valence-electron chi connectivity index (χ4n) is 2.62. The number of thioether (sulfide) groups is 1. The molecule has 1 heterocycles. The molecule has 0 spiro atoms. The van der Waals surface area contributed by atoms with Gasteiger partial charge in [0.1, 0.15) is 19.0 Å². The molecule has 2 aromatic rings. The van der Waals surface area contributed by atoms with Gasteiger partial charge >= 0.3 is 0 Å². The van der Waals surface area contributed by atoms with E-state index in [0.29, 0.717) is 19.8 Å². The molecule has 0 aliphatic carbocycles. The summed E-state index contributed by atoms with van der Waals surface area (Å²) in [6, 6.07) is 13.7. The lowest BCUT2D eigenvalue weighted by atomic mass is 10.1. The first kappa shape index (κ1) is 18.5. The van der Waals surface area contributed by atoms with Gasteiger partial charge in [-0.15, -0.1) is 11.8 Å². The van der Waals surface area contributed by atoms with Crippen molar-refractivity contribution in [2.45, 2.75) is 23.5 Å². The molecule has 6 heteroatoms. The fraction of sp³-hybridized carbons (Fsp3) is 0.350. The molecule has 0 saturated heterocycles. The summed E-state index contributed by atoms with van der Waals surface area (Å²) in [4.78, 5) is 13.3. The number of amides is 1. The molecule has 138 valence electrons. The van der Waals surface area contributed by atoms with Crippen molar-refractivity contribution in [1.29, 1.82) is 0 Å². The Kier molecular flexibility index (Phi) is 6.28. The van der Waals surface area contributed by atoms with Gasteiger partial charge in [-0.05, 0) is 49.2 Å². The number of fused-ring (bicyclic) bond motifs is 1. The summed E-state index contributed by atoms with van der Waals surface area (Å²) in [6.07, 6.45) is 0.789. The zero-order chi connectivity index (χ0) is 18.4. The second-order valence-electron chi connectivity index (χ2n) is 5.95. The average molecular weight is 373 g/mol. The minimum absolute atomic E-state index is 0.0263. The minimum Gasteiger partial charge on any atom is -0.497 e. The topological polar surface area (TPSA) is 56.8 Å². The van der Waals surface area contributed by atoms with E-state index in [-0.39, 0.29) is 11.2 Å². The summed E-state index contributed by atoms with van der Waals surface area (Å²) in [7, 11) is 1.65. The Morgan fingerprint density at radius 2 is 1.88 bits per heavy atom. The SMILES string of the molecule is COc1ccc(CCNC(=O)C(C)Sc2ccc3c(c2)OCCO3)cc1. The monoisotopic (exact) mass is 373 g/mol. The van der Waals surface area contributed by atoms with Gasteiger partial charge in [0.15, 0.2) is 11.5 Å². The largest absolute Gasteiger partial charge is 0.497 e. The molecule has 26 heavy (non-hydrogen) atoms. The summed E-state index contributed by atoms with van der Waals surface area (Å²) in [5, 5.41) is 2.81. The zero-order valence-electron chi connectivity index (χ0n) is 15.0. The highest BCUT2D eigenvalue weighted by molar-refractivity contribution is 8.00. The van der Waals surface area contributed by atoms with Gasteiger partial charge in [-0.1, -0.05) is 12.1 Å². The van der Waals surface area contributed by atoms with Crippen LogP contribution in [-0.2, 0) is 11.2 Å². The highest BCUT2D eigenvalue weighted by atomic mass is 32.2. The van der Waals surface area contributed by atoms with Crippen LogP contribution in [0.15, 0.2) is 47.4 Å². The second kappa shape index (κ2) is 8.85. The number of hydrogen-bond donors (Lipinski definition) is 1. The molecule has 0 saturated carbocycles. The molecule has 0 fully saturated rings. The number of hydrogen-bond acceptors (Lipinski definition) is 5. The van der Waals surface area contributed by atoms with Crippen molar-refractivity contribution >= 4 is 17.7 Å². The van der Waals surface area contributed by atoms with E-state index < -0.39 is 0 Å². The van der Waals surface area contributed by atoms with Crippen molar-refractivity contribution in [2.75, 3.05) is 26.9 Å². The van der Waals surface area contributed by atoms with Crippen molar-refractivity contribution in [2.24, 2.45) is 0 Å².